The fourth-order valence-corrected chi connectivity index (χ4v) is 10.8. The van der Waals surface area contributed by atoms with Crippen molar-refractivity contribution in [1.82, 2.24) is 0 Å². The van der Waals surface area contributed by atoms with Crippen LogP contribution in [-0.2, 0) is 18.0 Å². The normalized spacial score (nSPS) is 13.9. The predicted molar refractivity (Wildman–Crippen MR) is 129 cm³/mol. The monoisotopic (exact) mass is 448 g/mol. The molecule has 6 heteroatoms. The van der Waals surface area contributed by atoms with Crippen LogP contribution in [0.1, 0.15) is 48.0 Å². The quantitative estimate of drug-likeness (QED) is 0.331. The second kappa shape index (κ2) is 10.9. The van der Waals surface area contributed by atoms with Crippen LogP contribution in [0.25, 0.3) is 0 Å². The molecule has 30 heavy (non-hydrogen) atoms. The summed E-state index contributed by atoms with van der Waals surface area (Å²) in [5.74, 6) is 0. The van der Waals surface area contributed by atoms with Crippen molar-refractivity contribution in [2.24, 2.45) is 0 Å². The molecule has 2 aromatic rings. The summed E-state index contributed by atoms with van der Waals surface area (Å²) in [7, 11) is -5.93. The van der Waals surface area contributed by atoms with Crippen molar-refractivity contribution >= 4 is 26.3 Å². The van der Waals surface area contributed by atoms with Gasteiger partial charge < -0.3 is 13.5 Å². The molecule has 0 unspecified atom stereocenters. The molecule has 0 radical (unpaired) electrons. The van der Waals surface area contributed by atoms with Gasteiger partial charge in [-0.15, -0.1) is 0 Å². The average Bonchev–Trinajstić information content (AvgIpc) is 2.72. The van der Waals surface area contributed by atoms with Crippen LogP contribution in [0.3, 0.4) is 0 Å². The molecule has 0 aliphatic carbocycles. The zero-order valence-corrected chi connectivity index (χ0v) is 21.2. The highest BCUT2D eigenvalue weighted by atomic mass is 31.2. The molecule has 0 aliphatic heterocycles. The molecule has 0 saturated heterocycles. The first-order valence-electron chi connectivity index (χ1n) is 10.9. The van der Waals surface area contributed by atoms with Crippen LogP contribution in [0.2, 0.25) is 5.04 Å². The van der Waals surface area contributed by atoms with Gasteiger partial charge in [-0.3, -0.25) is 4.57 Å². The van der Waals surface area contributed by atoms with Gasteiger partial charge in [0.2, 0.25) is 0 Å². The van der Waals surface area contributed by atoms with E-state index in [-0.39, 0.29) is 17.3 Å². The van der Waals surface area contributed by atoms with Crippen molar-refractivity contribution in [2.75, 3.05) is 19.4 Å². The number of benzene rings is 2. The van der Waals surface area contributed by atoms with Gasteiger partial charge in [-0.2, -0.15) is 0 Å². The maximum Gasteiger partial charge on any atom is 0.333 e. The van der Waals surface area contributed by atoms with Crippen molar-refractivity contribution in [3.05, 3.63) is 60.7 Å². The van der Waals surface area contributed by atoms with Crippen molar-refractivity contribution in [1.29, 1.82) is 0 Å². The average molecular weight is 449 g/mol. The Morgan fingerprint density at radius 3 is 1.60 bits per heavy atom. The van der Waals surface area contributed by atoms with E-state index in [4.69, 9.17) is 13.5 Å². The minimum atomic E-state index is -3.22. The van der Waals surface area contributed by atoms with Crippen molar-refractivity contribution in [3.8, 4) is 0 Å². The molecule has 0 bridgehead atoms. The highest BCUT2D eigenvalue weighted by molar-refractivity contribution is 7.53. The molecule has 4 nitrogen and oxygen atoms in total. The molecular weight excluding hydrogens is 411 g/mol. The Bertz CT molecular complexity index is 755. The Balaban J connectivity index is 2.58. The van der Waals surface area contributed by atoms with E-state index in [0.29, 0.717) is 13.2 Å². The van der Waals surface area contributed by atoms with Crippen molar-refractivity contribution in [3.63, 3.8) is 0 Å². The van der Waals surface area contributed by atoms with Crippen LogP contribution in [-0.4, -0.2) is 33.8 Å². The molecule has 0 saturated carbocycles. The van der Waals surface area contributed by atoms with Crippen molar-refractivity contribution < 1.29 is 18.0 Å². The maximum atomic E-state index is 13.3. The summed E-state index contributed by atoms with van der Waals surface area (Å²) in [5, 5.41) is 2.29. The van der Waals surface area contributed by atoms with Gasteiger partial charge in [0, 0.05) is 0 Å². The second-order valence-corrected chi connectivity index (χ2v) is 14.8. The van der Waals surface area contributed by atoms with E-state index in [1.807, 2.05) is 26.0 Å². The Kier molecular flexibility index (Phi) is 9.08. The zero-order valence-electron chi connectivity index (χ0n) is 19.3. The third-order valence-electron chi connectivity index (χ3n) is 5.29. The molecule has 1 atom stereocenters. The largest absolute Gasteiger partial charge is 0.404 e. The topological polar surface area (TPSA) is 44.8 Å². The van der Waals surface area contributed by atoms with Crippen molar-refractivity contribution in [2.45, 2.75) is 59.1 Å². The van der Waals surface area contributed by atoms with E-state index < -0.39 is 15.9 Å². The third-order valence-corrected chi connectivity index (χ3v) is 12.5. The fourth-order valence-electron chi connectivity index (χ4n) is 3.98. The van der Waals surface area contributed by atoms with Crippen LogP contribution in [0, 0.1) is 0 Å². The first kappa shape index (κ1) is 25.0. The lowest BCUT2D eigenvalue weighted by atomic mass is 10.2. The first-order chi connectivity index (χ1) is 14.2. The Hall–Kier alpha value is -1.23. The van der Waals surface area contributed by atoms with Gasteiger partial charge >= 0.3 is 7.60 Å². The van der Waals surface area contributed by atoms with E-state index in [9.17, 15) is 4.57 Å². The van der Waals surface area contributed by atoms with Gasteiger partial charge in [0.15, 0.2) is 0 Å². The molecule has 0 spiro atoms. The SMILES string of the molecule is CCOP(=O)(C[C@H](CC)O[Si](c1ccccc1)(c1ccccc1)C(C)(C)C)OCC. The predicted octanol–water partition coefficient (Wildman–Crippen LogP) is 5.61. The third kappa shape index (κ3) is 5.71. The van der Waals surface area contributed by atoms with Gasteiger partial charge in [-0.25, -0.2) is 0 Å². The Morgan fingerprint density at radius 1 is 0.833 bits per heavy atom. The molecule has 0 aromatic heterocycles. The van der Waals surface area contributed by atoms with Gasteiger partial charge in [-0.1, -0.05) is 88.4 Å². The Labute approximate surface area is 183 Å². The summed E-state index contributed by atoms with van der Waals surface area (Å²) in [4.78, 5) is 0. The molecule has 0 N–H and O–H groups in total. The molecule has 0 fully saturated rings. The summed E-state index contributed by atoms with van der Waals surface area (Å²) in [6, 6.07) is 21.0. The van der Waals surface area contributed by atoms with Gasteiger partial charge in [-0.05, 0) is 35.7 Å². The van der Waals surface area contributed by atoms with E-state index in [2.05, 4.69) is 76.2 Å². The lowest BCUT2D eigenvalue weighted by Crippen LogP contribution is -2.68. The summed E-state index contributed by atoms with van der Waals surface area (Å²) in [5.41, 5.74) is 0. The van der Waals surface area contributed by atoms with Crippen LogP contribution < -0.4 is 10.4 Å². The van der Waals surface area contributed by atoms with E-state index in [0.717, 1.165) is 6.42 Å². The van der Waals surface area contributed by atoms with E-state index >= 15 is 0 Å². The summed E-state index contributed by atoms with van der Waals surface area (Å²) in [6.45, 7) is 13.2. The summed E-state index contributed by atoms with van der Waals surface area (Å²) < 4.78 is 31.6. The van der Waals surface area contributed by atoms with Crippen LogP contribution >= 0.6 is 7.60 Å². The number of hydrogen-bond acceptors (Lipinski definition) is 4. The molecular formula is C24H37O4PSi. The molecule has 0 amide bonds. The molecule has 2 aromatic carbocycles. The van der Waals surface area contributed by atoms with Gasteiger partial charge in [0.25, 0.3) is 8.32 Å². The smallest absolute Gasteiger partial charge is 0.333 e. The van der Waals surface area contributed by atoms with Crippen LogP contribution in [0.5, 0.6) is 0 Å². The highest BCUT2D eigenvalue weighted by Gasteiger charge is 2.51. The number of rotatable bonds is 11. The van der Waals surface area contributed by atoms with Gasteiger partial charge in [0.05, 0.1) is 25.5 Å². The van der Waals surface area contributed by atoms with Crippen LogP contribution in [0.4, 0.5) is 0 Å². The minimum absolute atomic E-state index is 0.135. The fraction of sp³-hybridized carbons (Fsp3) is 0.500. The van der Waals surface area contributed by atoms with E-state index in [1.54, 1.807) is 0 Å². The molecule has 2 rings (SSSR count). The molecule has 166 valence electrons. The number of hydrogen-bond donors (Lipinski definition) is 0. The Morgan fingerprint density at radius 2 is 1.27 bits per heavy atom. The molecule has 0 aliphatic rings. The lowest BCUT2D eigenvalue weighted by Gasteiger charge is -2.45. The lowest BCUT2D eigenvalue weighted by molar-refractivity contribution is 0.174. The van der Waals surface area contributed by atoms with E-state index in [1.165, 1.54) is 10.4 Å². The highest BCUT2D eigenvalue weighted by Crippen LogP contribution is 2.50. The first-order valence-corrected chi connectivity index (χ1v) is 14.5. The summed E-state index contributed by atoms with van der Waals surface area (Å²) >= 11 is 0. The zero-order chi connectivity index (χ0) is 22.3. The van der Waals surface area contributed by atoms with Crippen LogP contribution in [0.15, 0.2) is 60.7 Å². The minimum Gasteiger partial charge on any atom is -0.404 e. The summed E-state index contributed by atoms with van der Waals surface area (Å²) in [6.07, 6.45) is 0.754. The van der Waals surface area contributed by atoms with Gasteiger partial charge in [0.1, 0.15) is 0 Å². The standard InChI is InChI=1S/C24H37O4PSi/c1-7-21(20-29(25,26-8-2)27-9-3)28-30(24(4,5)6,22-16-12-10-13-17-22)23-18-14-11-15-19-23/h10-19,21H,7-9,20H2,1-6H3/t21-/m0/s1. The maximum absolute atomic E-state index is 13.3. The second-order valence-electron chi connectivity index (χ2n) is 8.44. The molecule has 0 heterocycles.